The van der Waals surface area contributed by atoms with Crippen LogP contribution in [0.15, 0.2) is 0 Å². The van der Waals surface area contributed by atoms with Gasteiger partial charge in [-0.1, -0.05) is 11.8 Å². The number of thioether (sulfide) groups is 1. The molecule has 1 amide bonds. The van der Waals surface area contributed by atoms with Gasteiger partial charge in [0.25, 0.3) is 0 Å². The van der Waals surface area contributed by atoms with Crippen molar-refractivity contribution >= 4 is 22.8 Å². The minimum absolute atomic E-state index is 0.0636. The van der Waals surface area contributed by atoms with Gasteiger partial charge in [0.15, 0.2) is 0 Å². The Morgan fingerprint density at radius 2 is 2.46 bits per heavy atom. The Kier molecular flexibility index (Phi) is 4.24. The molecule has 1 aliphatic rings. The molecule has 3 N–H and O–H groups in total. The minimum atomic E-state index is -0.254. The lowest BCUT2D eigenvalue weighted by Gasteiger charge is -2.09. The van der Waals surface area contributed by atoms with E-state index in [2.05, 4.69) is 5.32 Å². The maximum Gasteiger partial charge on any atom is 0.220 e. The lowest BCUT2D eigenvalue weighted by atomic mass is 10.2. The van der Waals surface area contributed by atoms with Gasteiger partial charge in [-0.2, -0.15) is 0 Å². The van der Waals surface area contributed by atoms with Crippen molar-refractivity contribution in [3.8, 4) is 0 Å². The van der Waals surface area contributed by atoms with Crippen LogP contribution in [0.2, 0.25) is 0 Å². The van der Waals surface area contributed by atoms with Crippen molar-refractivity contribution in [3.63, 3.8) is 0 Å². The number of rotatable bonds is 4. The maximum absolute atomic E-state index is 11.2. The summed E-state index contributed by atoms with van der Waals surface area (Å²) in [5.41, 5.74) is 5.26. The van der Waals surface area contributed by atoms with Gasteiger partial charge in [-0.25, -0.2) is 0 Å². The van der Waals surface area contributed by atoms with Crippen LogP contribution in [0, 0.1) is 0 Å². The van der Waals surface area contributed by atoms with Crippen molar-refractivity contribution < 1.29 is 9.59 Å². The van der Waals surface area contributed by atoms with Crippen molar-refractivity contribution in [2.75, 3.05) is 12.3 Å². The highest BCUT2D eigenvalue weighted by atomic mass is 32.2. The molecule has 0 radical (unpaired) electrons. The summed E-state index contributed by atoms with van der Waals surface area (Å²) in [5, 5.41) is 2.78. The number of amides is 1. The molecule has 1 saturated heterocycles. The summed E-state index contributed by atoms with van der Waals surface area (Å²) in [5.74, 6) is 0.756. The third-order valence-electron chi connectivity index (χ3n) is 1.88. The first-order chi connectivity index (χ1) is 6.24. The van der Waals surface area contributed by atoms with Crippen LogP contribution in [0.25, 0.3) is 0 Å². The zero-order valence-electron chi connectivity index (χ0n) is 7.41. The number of nitrogens with two attached hydrogens (primary N) is 1. The topological polar surface area (TPSA) is 72.2 Å². The summed E-state index contributed by atoms with van der Waals surface area (Å²) in [6, 6.07) is -0.254. The van der Waals surface area contributed by atoms with Gasteiger partial charge in [-0.3, -0.25) is 9.59 Å². The van der Waals surface area contributed by atoms with E-state index in [4.69, 9.17) is 5.73 Å². The molecule has 0 aromatic heterocycles. The highest BCUT2D eigenvalue weighted by molar-refractivity contribution is 8.14. The Morgan fingerprint density at radius 1 is 1.69 bits per heavy atom. The second-order valence-electron chi connectivity index (χ2n) is 2.97. The van der Waals surface area contributed by atoms with E-state index in [-0.39, 0.29) is 17.1 Å². The van der Waals surface area contributed by atoms with Gasteiger partial charge in [-0.05, 0) is 19.4 Å². The van der Waals surface area contributed by atoms with Gasteiger partial charge in [0.2, 0.25) is 11.0 Å². The van der Waals surface area contributed by atoms with E-state index in [1.165, 1.54) is 11.8 Å². The van der Waals surface area contributed by atoms with Gasteiger partial charge in [0.1, 0.15) is 0 Å². The predicted octanol–water partition coefficient (Wildman–Crippen LogP) is -0.126. The van der Waals surface area contributed by atoms with E-state index < -0.39 is 0 Å². The first-order valence-electron chi connectivity index (χ1n) is 4.40. The molecule has 0 aromatic carbocycles. The van der Waals surface area contributed by atoms with Crippen LogP contribution < -0.4 is 11.1 Å². The molecule has 0 spiro atoms. The van der Waals surface area contributed by atoms with Crippen molar-refractivity contribution in [1.82, 2.24) is 5.32 Å². The molecule has 74 valence electrons. The van der Waals surface area contributed by atoms with Crippen molar-refractivity contribution in [1.29, 1.82) is 0 Å². The van der Waals surface area contributed by atoms with Crippen LogP contribution in [0.3, 0.4) is 0 Å². The zero-order chi connectivity index (χ0) is 9.68. The molecule has 1 atom stereocenters. The summed E-state index contributed by atoms with van der Waals surface area (Å²) in [6.07, 6.45) is 1.86. The maximum atomic E-state index is 11.2. The number of hydrogen-bond acceptors (Lipinski definition) is 4. The monoisotopic (exact) mass is 202 g/mol. The molecule has 0 bridgehead atoms. The van der Waals surface area contributed by atoms with Gasteiger partial charge >= 0.3 is 0 Å². The molecule has 0 aromatic rings. The first kappa shape index (κ1) is 10.5. The fourth-order valence-electron chi connectivity index (χ4n) is 1.16. The SMILES string of the molecule is NCCCC(=O)NC1CCSC1=O. The van der Waals surface area contributed by atoms with Gasteiger partial charge in [-0.15, -0.1) is 0 Å². The van der Waals surface area contributed by atoms with E-state index in [0.717, 1.165) is 12.2 Å². The highest BCUT2D eigenvalue weighted by Crippen LogP contribution is 2.19. The highest BCUT2D eigenvalue weighted by Gasteiger charge is 2.26. The van der Waals surface area contributed by atoms with Gasteiger partial charge < -0.3 is 11.1 Å². The van der Waals surface area contributed by atoms with E-state index in [1.807, 2.05) is 0 Å². The third kappa shape index (κ3) is 3.36. The summed E-state index contributed by atoms with van der Waals surface area (Å²) in [4.78, 5) is 22.3. The number of carbonyl (C=O) groups excluding carboxylic acids is 2. The molecule has 0 aliphatic carbocycles. The Labute approximate surface area is 81.6 Å². The van der Waals surface area contributed by atoms with Crippen LogP contribution in [-0.2, 0) is 9.59 Å². The Morgan fingerprint density at radius 3 is 3.00 bits per heavy atom. The normalized spacial score (nSPS) is 21.9. The fourth-order valence-corrected chi connectivity index (χ4v) is 2.09. The Bertz CT molecular complexity index is 208. The lowest BCUT2D eigenvalue weighted by molar-refractivity contribution is -0.124. The summed E-state index contributed by atoms with van der Waals surface area (Å²) in [6.45, 7) is 0.515. The summed E-state index contributed by atoms with van der Waals surface area (Å²) in [7, 11) is 0. The summed E-state index contributed by atoms with van der Waals surface area (Å²) >= 11 is 1.29. The third-order valence-corrected chi connectivity index (χ3v) is 2.89. The number of hydrogen-bond donors (Lipinski definition) is 2. The largest absolute Gasteiger partial charge is 0.345 e. The van der Waals surface area contributed by atoms with Gasteiger partial charge in [0, 0.05) is 12.2 Å². The van der Waals surface area contributed by atoms with E-state index in [1.54, 1.807) is 0 Å². The minimum Gasteiger partial charge on any atom is -0.345 e. The standard InChI is InChI=1S/C8H14N2O2S/c9-4-1-2-7(11)10-6-3-5-13-8(6)12/h6H,1-5,9H2,(H,10,11). The van der Waals surface area contributed by atoms with E-state index in [0.29, 0.717) is 19.4 Å². The number of nitrogens with one attached hydrogen (secondary N) is 1. The van der Waals surface area contributed by atoms with E-state index in [9.17, 15) is 9.59 Å². The van der Waals surface area contributed by atoms with Crippen LogP contribution in [0.5, 0.6) is 0 Å². The predicted molar refractivity (Wildman–Crippen MR) is 52.3 cm³/mol. The molecule has 5 heteroatoms. The van der Waals surface area contributed by atoms with Crippen LogP contribution in [0.1, 0.15) is 19.3 Å². The molecule has 1 heterocycles. The molecule has 1 fully saturated rings. The van der Waals surface area contributed by atoms with Crippen molar-refractivity contribution in [3.05, 3.63) is 0 Å². The molecule has 1 unspecified atom stereocenters. The van der Waals surface area contributed by atoms with Crippen molar-refractivity contribution in [2.24, 2.45) is 5.73 Å². The number of carbonyl (C=O) groups is 2. The average Bonchev–Trinajstić information content (AvgIpc) is 2.48. The van der Waals surface area contributed by atoms with Crippen LogP contribution >= 0.6 is 11.8 Å². The second-order valence-corrected chi connectivity index (χ2v) is 4.07. The molecular weight excluding hydrogens is 188 g/mol. The Balaban J connectivity index is 2.23. The smallest absolute Gasteiger partial charge is 0.220 e. The molecule has 13 heavy (non-hydrogen) atoms. The molecule has 1 aliphatic heterocycles. The first-order valence-corrected chi connectivity index (χ1v) is 5.38. The molecule has 4 nitrogen and oxygen atoms in total. The molecular formula is C8H14N2O2S. The van der Waals surface area contributed by atoms with Crippen molar-refractivity contribution in [2.45, 2.75) is 25.3 Å². The molecule has 1 rings (SSSR count). The van der Waals surface area contributed by atoms with Gasteiger partial charge in [0.05, 0.1) is 6.04 Å². The van der Waals surface area contributed by atoms with E-state index >= 15 is 0 Å². The quantitative estimate of drug-likeness (QED) is 0.666. The molecule has 0 saturated carbocycles. The zero-order valence-corrected chi connectivity index (χ0v) is 8.23. The fraction of sp³-hybridized carbons (Fsp3) is 0.750. The van der Waals surface area contributed by atoms with Crippen LogP contribution in [-0.4, -0.2) is 29.4 Å². The summed E-state index contributed by atoms with van der Waals surface area (Å²) < 4.78 is 0. The Hall–Kier alpha value is -0.550. The average molecular weight is 202 g/mol. The lowest BCUT2D eigenvalue weighted by Crippen LogP contribution is -2.37. The van der Waals surface area contributed by atoms with Crippen LogP contribution in [0.4, 0.5) is 0 Å². The second kappa shape index (κ2) is 5.24.